The van der Waals surface area contributed by atoms with Gasteiger partial charge in [-0.25, -0.2) is 4.39 Å². The van der Waals surface area contributed by atoms with Crippen LogP contribution in [0.25, 0.3) is 0 Å². The summed E-state index contributed by atoms with van der Waals surface area (Å²) in [6.45, 7) is 3.03. The maximum atomic E-state index is 13.8. The lowest BCUT2D eigenvalue weighted by atomic mass is 9.95. The third-order valence-corrected chi connectivity index (χ3v) is 4.45. The van der Waals surface area contributed by atoms with Crippen molar-refractivity contribution in [1.29, 1.82) is 0 Å². The van der Waals surface area contributed by atoms with Gasteiger partial charge in [-0.1, -0.05) is 0 Å². The maximum Gasteiger partial charge on any atom is 0.255 e. The first-order valence-electron chi connectivity index (χ1n) is 8.30. The van der Waals surface area contributed by atoms with Crippen molar-refractivity contribution in [3.05, 3.63) is 23.5 Å². The Morgan fingerprint density at radius 3 is 3.08 bits per heavy atom. The monoisotopic (exact) mass is 338 g/mol. The van der Waals surface area contributed by atoms with Crippen molar-refractivity contribution in [1.82, 2.24) is 10.6 Å². The number of methoxy groups -OCH3 is 1. The summed E-state index contributed by atoms with van der Waals surface area (Å²) in [5.74, 6) is -0.0375. The second-order valence-corrected chi connectivity index (χ2v) is 6.07. The predicted molar refractivity (Wildman–Crippen MR) is 86.1 cm³/mol. The summed E-state index contributed by atoms with van der Waals surface area (Å²) in [4.78, 5) is 12.5. The first kappa shape index (κ1) is 17.0. The highest BCUT2D eigenvalue weighted by atomic mass is 19.1. The molecule has 3 rings (SSSR count). The van der Waals surface area contributed by atoms with Crippen LogP contribution >= 0.6 is 0 Å². The molecule has 7 heteroatoms. The molecule has 1 aromatic carbocycles. The zero-order valence-electron chi connectivity index (χ0n) is 13.8. The van der Waals surface area contributed by atoms with Crippen molar-refractivity contribution in [3.63, 3.8) is 0 Å². The van der Waals surface area contributed by atoms with Gasteiger partial charge in [0.15, 0.2) is 11.5 Å². The third kappa shape index (κ3) is 3.79. The zero-order chi connectivity index (χ0) is 16.9. The molecule has 2 aliphatic rings. The fraction of sp³-hybridized carbons (Fsp3) is 0.588. The van der Waals surface area contributed by atoms with Crippen molar-refractivity contribution in [2.75, 3.05) is 40.0 Å². The van der Waals surface area contributed by atoms with Gasteiger partial charge in [0.1, 0.15) is 5.82 Å². The molecule has 0 saturated carbocycles. The molecule has 1 aromatic rings. The first-order valence-corrected chi connectivity index (χ1v) is 8.30. The van der Waals surface area contributed by atoms with Crippen LogP contribution in [0.5, 0.6) is 11.5 Å². The summed E-state index contributed by atoms with van der Waals surface area (Å²) in [5, 5.41) is 6.15. The molecule has 0 bridgehead atoms. The number of hydrogen-bond acceptors (Lipinski definition) is 5. The number of carbonyl (C=O) groups excluding carboxylic acids is 1. The average Bonchev–Trinajstić information content (AvgIpc) is 2.84. The molecule has 0 aromatic heterocycles. The van der Waals surface area contributed by atoms with Crippen LogP contribution in [-0.2, 0) is 4.74 Å². The van der Waals surface area contributed by atoms with Crippen molar-refractivity contribution in [2.24, 2.45) is 5.92 Å². The van der Waals surface area contributed by atoms with E-state index >= 15 is 0 Å². The fourth-order valence-electron chi connectivity index (χ4n) is 3.12. The summed E-state index contributed by atoms with van der Waals surface area (Å²) >= 11 is 0. The Hall–Kier alpha value is -1.86. The van der Waals surface area contributed by atoms with Gasteiger partial charge in [-0.3, -0.25) is 4.79 Å². The standard InChI is InChI=1S/C17H23FN2O4/c1-22-15-10-19-4-3-11(15)9-20-17(21)13-7-12(18)8-14-16(13)24-6-2-5-23-14/h7-8,11,15,19H,2-6,9-10H2,1H3,(H,20,21)/t11-,15+/m0/s1. The SMILES string of the molecule is CO[C@@H]1CNCC[C@H]1CNC(=O)c1cc(F)cc2c1OCCCO2. The van der Waals surface area contributed by atoms with Gasteiger partial charge >= 0.3 is 0 Å². The number of hydrogen-bond donors (Lipinski definition) is 2. The number of halogens is 1. The Labute approximate surface area is 140 Å². The van der Waals surface area contributed by atoms with Crippen LogP contribution in [0, 0.1) is 11.7 Å². The van der Waals surface area contributed by atoms with E-state index in [0.29, 0.717) is 31.9 Å². The van der Waals surface area contributed by atoms with Gasteiger partial charge in [0.05, 0.1) is 24.9 Å². The van der Waals surface area contributed by atoms with E-state index in [1.165, 1.54) is 12.1 Å². The summed E-state index contributed by atoms with van der Waals surface area (Å²) in [5.41, 5.74) is 0.176. The minimum Gasteiger partial charge on any atom is -0.489 e. The van der Waals surface area contributed by atoms with Crippen LogP contribution in [0.1, 0.15) is 23.2 Å². The Bertz CT molecular complexity index is 596. The molecule has 2 aliphatic heterocycles. The summed E-state index contributed by atoms with van der Waals surface area (Å²) < 4.78 is 30.3. The van der Waals surface area contributed by atoms with E-state index in [1.807, 2.05) is 0 Å². The summed E-state index contributed by atoms with van der Waals surface area (Å²) in [7, 11) is 1.67. The molecule has 1 amide bonds. The van der Waals surface area contributed by atoms with Crippen LogP contribution in [0.2, 0.25) is 0 Å². The second-order valence-electron chi connectivity index (χ2n) is 6.07. The van der Waals surface area contributed by atoms with Gasteiger partial charge in [0.25, 0.3) is 5.91 Å². The first-order chi connectivity index (χ1) is 11.7. The molecular formula is C17H23FN2O4. The minimum atomic E-state index is -0.513. The van der Waals surface area contributed by atoms with Crippen LogP contribution in [0.15, 0.2) is 12.1 Å². The maximum absolute atomic E-state index is 13.8. The van der Waals surface area contributed by atoms with Gasteiger partial charge in [-0.2, -0.15) is 0 Å². The molecule has 2 N–H and O–H groups in total. The third-order valence-electron chi connectivity index (χ3n) is 4.45. The fourth-order valence-corrected chi connectivity index (χ4v) is 3.12. The Balaban J connectivity index is 1.71. The number of piperidine rings is 1. The molecular weight excluding hydrogens is 315 g/mol. The number of ether oxygens (including phenoxy) is 3. The smallest absolute Gasteiger partial charge is 0.255 e. The normalized spacial score (nSPS) is 23.4. The second kappa shape index (κ2) is 7.81. The molecule has 0 radical (unpaired) electrons. The van der Waals surface area contributed by atoms with Crippen molar-refractivity contribution >= 4 is 5.91 Å². The van der Waals surface area contributed by atoms with Crippen molar-refractivity contribution < 1.29 is 23.4 Å². The molecule has 1 saturated heterocycles. The van der Waals surface area contributed by atoms with Crippen LogP contribution in [0.3, 0.4) is 0 Å². The average molecular weight is 338 g/mol. The van der Waals surface area contributed by atoms with E-state index in [9.17, 15) is 9.18 Å². The van der Waals surface area contributed by atoms with Gasteiger partial charge in [0, 0.05) is 38.6 Å². The highest BCUT2D eigenvalue weighted by Crippen LogP contribution is 2.34. The predicted octanol–water partition coefficient (Wildman–Crippen LogP) is 1.34. The molecule has 24 heavy (non-hydrogen) atoms. The highest BCUT2D eigenvalue weighted by molar-refractivity contribution is 5.97. The van der Waals surface area contributed by atoms with Crippen molar-refractivity contribution in [2.45, 2.75) is 18.9 Å². The van der Waals surface area contributed by atoms with Crippen LogP contribution < -0.4 is 20.1 Å². The molecule has 0 spiro atoms. The summed E-state index contributed by atoms with van der Waals surface area (Å²) in [6, 6.07) is 2.45. The number of amides is 1. The molecule has 0 aliphatic carbocycles. The van der Waals surface area contributed by atoms with Crippen LogP contribution in [-0.4, -0.2) is 52.0 Å². The van der Waals surface area contributed by atoms with Crippen molar-refractivity contribution in [3.8, 4) is 11.5 Å². The van der Waals surface area contributed by atoms with Gasteiger partial charge in [-0.05, 0) is 19.0 Å². The highest BCUT2D eigenvalue weighted by Gasteiger charge is 2.27. The van der Waals surface area contributed by atoms with Gasteiger partial charge in [0.2, 0.25) is 0 Å². The molecule has 2 heterocycles. The van der Waals surface area contributed by atoms with E-state index in [2.05, 4.69) is 10.6 Å². The Morgan fingerprint density at radius 2 is 2.25 bits per heavy atom. The molecule has 132 valence electrons. The molecule has 2 atom stereocenters. The van der Waals surface area contributed by atoms with E-state index in [4.69, 9.17) is 14.2 Å². The summed E-state index contributed by atoms with van der Waals surface area (Å²) in [6.07, 6.45) is 1.67. The lowest BCUT2D eigenvalue weighted by molar-refractivity contribution is 0.0338. The lowest BCUT2D eigenvalue weighted by Gasteiger charge is -2.31. The number of benzene rings is 1. The number of fused-ring (bicyclic) bond motifs is 1. The molecule has 6 nitrogen and oxygen atoms in total. The van der Waals surface area contributed by atoms with Gasteiger partial charge < -0.3 is 24.8 Å². The minimum absolute atomic E-state index is 0.0586. The van der Waals surface area contributed by atoms with E-state index in [-0.39, 0.29) is 29.2 Å². The number of carbonyl (C=O) groups is 1. The largest absolute Gasteiger partial charge is 0.489 e. The van der Waals surface area contributed by atoms with Gasteiger partial charge in [-0.15, -0.1) is 0 Å². The number of rotatable bonds is 4. The van der Waals surface area contributed by atoms with E-state index < -0.39 is 5.82 Å². The number of nitrogens with one attached hydrogen (secondary N) is 2. The van der Waals surface area contributed by atoms with Crippen LogP contribution in [0.4, 0.5) is 4.39 Å². The zero-order valence-corrected chi connectivity index (χ0v) is 13.8. The topological polar surface area (TPSA) is 68.8 Å². The van der Waals surface area contributed by atoms with E-state index in [1.54, 1.807) is 7.11 Å². The quantitative estimate of drug-likeness (QED) is 0.867. The lowest BCUT2D eigenvalue weighted by Crippen LogP contribution is -2.46. The molecule has 1 fully saturated rings. The molecule has 0 unspecified atom stereocenters. The Morgan fingerprint density at radius 1 is 1.42 bits per heavy atom. The Kier molecular flexibility index (Phi) is 5.52. The van der Waals surface area contributed by atoms with E-state index in [0.717, 1.165) is 19.5 Å².